The number of anilines is 2. The molecule has 0 saturated heterocycles. The van der Waals surface area contributed by atoms with E-state index < -0.39 is 24.5 Å². The Labute approximate surface area is 229 Å². The van der Waals surface area contributed by atoms with Crippen LogP contribution >= 0.6 is 0 Å². The van der Waals surface area contributed by atoms with E-state index in [4.69, 9.17) is 14.2 Å². The summed E-state index contributed by atoms with van der Waals surface area (Å²) in [5.74, 6) is 0.652. The van der Waals surface area contributed by atoms with Crippen LogP contribution in [0.4, 0.5) is 21.0 Å². The summed E-state index contributed by atoms with van der Waals surface area (Å²) < 4.78 is 15.9. The molecule has 39 heavy (non-hydrogen) atoms. The Morgan fingerprint density at radius 1 is 0.769 bits per heavy atom. The monoisotopic (exact) mass is 535 g/mol. The number of amides is 2. The highest BCUT2D eigenvalue weighted by molar-refractivity contribution is 5.85. The van der Waals surface area contributed by atoms with Gasteiger partial charge in [0.1, 0.15) is 11.9 Å². The van der Waals surface area contributed by atoms with Crippen LogP contribution in [-0.4, -0.2) is 49.4 Å². The number of rotatable bonds is 13. The Kier molecular flexibility index (Phi) is 11.6. The normalized spacial score (nSPS) is 12.3. The summed E-state index contributed by atoms with van der Waals surface area (Å²) in [6.45, 7) is 6.33. The number of hydrogen-bond donors (Lipinski definition) is 4. The molecule has 0 bridgehead atoms. The summed E-state index contributed by atoms with van der Waals surface area (Å²) >= 11 is 0. The fraction of sp³-hybridized carbons (Fsp3) is 0.333. The highest BCUT2D eigenvalue weighted by atomic mass is 16.6. The van der Waals surface area contributed by atoms with Crippen molar-refractivity contribution < 1.29 is 28.9 Å². The van der Waals surface area contributed by atoms with Crippen molar-refractivity contribution in [2.24, 2.45) is 0 Å². The second-order valence-corrected chi connectivity index (χ2v) is 8.82. The summed E-state index contributed by atoms with van der Waals surface area (Å²) in [5.41, 5.74) is 3.34. The van der Waals surface area contributed by atoms with Crippen molar-refractivity contribution in [2.75, 3.05) is 30.4 Å². The van der Waals surface area contributed by atoms with Crippen molar-refractivity contribution in [3.05, 3.63) is 90.0 Å². The van der Waals surface area contributed by atoms with Crippen LogP contribution in [0, 0.1) is 0 Å². The van der Waals surface area contributed by atoms with Crippen molar-refractivity contribution in [1.82, 2.24) is 5.32 Å². The number of hydrogen-bond acceptors (Lipinski definition) is 7. The molecule has 9 nitrogen and oxygen atoms in total. The van der Waals surface area contributed by atoms with E-state index in [1.165, 1.54) is 0 Å². The van der Waals surface area contributed by atoms with E-state index in [0.717, 1.165) is 11.1 Å². The van der Waals surface area contributed by atoms with E-state index in [-0.39, 0.29) is 5.92 Å². The van der Waals surface area contributed by atoms with Gasteiger partial charge >= 0.3 is 12.2 Å². The minimum Gasteiger partial charge on any atom is -0.473 e. The van der Waals surface area contributed by atoms with Gasteiger partial charge in [-0.15, -0.1) is 0 Å². The summed E-state index contributed by atoms with van der Waals surface area (Å²) in [6, 6.07) is 24.5. The molecule has 0 aliphatic rings. The van der Waals surface area contributed by atoms with E-state index in [1.54, 1.807) is 20.8 Å². The zero-order valence-corrected chi connectivity index (χ0v) is 22.6. The number of nitrogens with one attached hydrogen (secondary N) is 3. The molecular weight excluding hydrogens is 498 g/mol. The second-order valence-electron chi connectivity index (χ2n) is 8.82. The maximum atomic E-state index is 11.8. The molecule has 0 saturated carbocycles. The van der Waals surface area contributed by atoms with Gasteiger partial charge in [-0.1, -0.05) is 42.5 Å². The fourth-order valence-corrected chi connectivity index (χ4v) is 4.02. The lowest BCUT2D eigenvalue weighted by Gasteiger charge is -2.25. The van der Waals surface area contributed by atoms with Gasteiger partial charge in [0.25, 0.3) is 0 Å². The summed E-state index contributed by atoms with van der Waals surface area (Å²) in [5, 5.41) is 19.0. The summed E-state index contributed by atoms with van der Waals surface area (Å²) in [6.07, 6.45) is -1.63. The Hall–Kier alpha value is -4.08. The molecule has 2 atom stereocenters. The van der Waals surface area contributed by atoms with Crippen molar-refractivity contribution in [2.45, 2.75) is 45.4 Å². The first-order valence-corrected chi connectivity index (χ1v) is 13.1. The van der Waals surface area contributed by atoms with Crippen LogP contribution in [-0.2, 0) is 9.47 Å². The zero-order valence-electron chi connectivity index (χ0n) is 22.6. The molecular formula is C30H37N3O6. The van der Waals surface area contributed by atoms with Crippen LogP contribution in [0.5, 0.6) is 5.75 Å². The standard InChI is InChI=1S/C30H37N3O6/c1-4-37-29(35)32-24-15-11-22(12-16-24)27(23-13-17-25(18-14-23)33-30(36)38-5-2)19-20-31-28(21(3)34)39-26-9-7-6-8-10-26/h6-18,21,27-28,31,34H,4-5,19-20H2,1-3H3,(H,32,35)(H,33,36). The molecule has 0 spiro atoms. The van der Waals surface area contributed by atoms with E-state index in [1.807, 2.05) is 78.9 Å². The van der Waals surface area contributed by atoms with Gasteiger partial charge in [-0.3, -0.25) is 16.0 Å². The lowest BCUT2D eigenvalue weighted by molar-refractivity contribution is 0.0268. The number of ether oxygens (including phenoxy) is 3. The molecule has 3 aromatic rings. The molecule has 2 amide bonds. The molecule has 208 valence electrons. The largest absolute Gasteiger partial charge is 0.473 e. The van der Waals surface area contributed by atoms with Crippen molar-refractivity contribution in [3.8, 4) is 5.75 Å². The molecule has 9 heteroatoms. The SMILES string of the molecule is CCOC(=O)Nc1ccc(C(CCNC(Oc2ccccc2)C(C)O)c2ccc(NC(=O)OCC)cc2)cc1. The molecule has 2 unspecified atom stereocenters. The topological polar surface area (TPSA) is 118 Å². The van der Waals surface area contributed by atoms with E-state index in [9.17, 15) is 14.7 Å². The maximum Gasteiger partial charge on any atom is 0.411 e. The Morgan fingerprint density at radius 3 is 1.69 bits per heavy atom. The van der Waals surface area contributed by atoms with E-state index in [2.05, 4.69) is 16.0 Å². The van der Waals surface area contributed by atoms with Crippen LogP contribution in [0.2, 0.25) is 0 Å². The third-order valence-electron chi connectivity index (χ3n) is 5.89. The number of carbonyl (C=O) groups is 2. The summed E-state index contributed by atoms with van der Waals surface area (Å²) in [4.78, 5) is 23.6. The molecule has 0 aliphatic heterocycles. The predicted octanol–water partition coefficient (Wildman–Crippen LogP) is 5.72. The van der Waals surface area contributed by atoms with E-state index >= 15 is 0 Å². The number of para-hydroxylation sites is 1. The molecule has 0 radical (unpaired) electrons. The number of carbonyl (C=O) groups excluding carboxylic acids is 2. The smallest absolute Gasteiger partial charge is 0.411 e. The van der Waals surface area contributed by atoms with Gasteiger partial charge in [0.2, 0.25) is 0 Å². The lowest BCUT2D eigenvalue weighted by Crippen LogP contribution is -2.43. The minimum atomic E-state index is -0.731. The molecule has 0 heterocycles. The van der Waals surface area contributed by atoms with Gasteiger partial charge in [-0.05, 0) is 81.3 Å². The van der Waals surface area contributed by atoms with Gasteiger partial charge < -0.3 is 19.3 Å². The number of benzene rings is 3. The van der Waals surface area contributed by atoms with Crippen LogP contribution < -0.4 is 20.7 Å². The fourth-order valence-electron chi connectivity index (χ4n) is 4.02. The maximum absolute atomic E-state index is 11.8. The third kappa shape index (κ3) is 9.63. The van der Waals surface area contributed by atoms with Crippen molar-refractivity contribution in [1.29, 1.82) is 0 Å². The third-order valence-corrected chi connectivity index (χ3v) is 5.89. The van der Waals surface area contributed by atoms with Crippen LogP contribution in [0.25, 0.3) is 0 Å². The van der Waals surface area contributed by atoms with Crippen LogP contribution in [0.3, 0.4) is 0 Å². The molecule has 0 aromatic heterocycles. The van der Waals surface area contributed by atoms with Gasteiger partial charge in [0.05, 0.1) is 13.2 Å². The first kappa shape index (κ1) is 29.5. The van der Waals surface area contributed by atoms with Crippen LogP contribution in [0.1, 0.15) is 44.2 Å². The molecule has 4 N–H and O–H groups in total. The van der Waals surface area contributed by atoms with Gasteiger partial charge in [0, 0.05) is 17.3 Å². The number of aliphatic hydroxyl groups excluding tert-OH is 1. The van der Waals surface area contributed by atoms with Crippen LogP contribution in [0.15, 0.2) is 78.9 Å². The Balaban J connectivity index is 1.75. The highest BCUT2D eigenvalue weighted by Crippen LogP contribution is 2.30. The van der Waals surface area contributed by atoms with E-state index in [0.29, 0.717) is 43.3 Å². The predicted molar refractivity (Wildman–Crippen MR) is 151 cm³/mol. The van der Waals surface area contributed by atoms with Gasteiger partial charge in [0.15, 0.2) is 6.23 Å². The Morgan fingerprint density at radius 2 is 1.26 bits per heavy atom. The number of aliphatic hydroxyl groups is 1. The Bertz CT molecular complexity index is 1090. The highest BCUT2D eigenvalue weighted by Gasteiger charge is 2.19. The quantitative estimate of drug-likeness (QED) is 0.207. The average Bonchev–Trinajstić information content (AvgIpc) is 2.92. The molecule has 3 rings (SSSR count). The van der Waals surface area contributed by atoms with Gasteiger partial charge in [-0.2, -0.15) is 0 Å². The second kappa shape index (κ2) is 15.4. The molecule has 0 fully saturated rings. The minimum absolute atomic E-state index is 0.0165. The van der Waals surface area contributed by atoms with Crippen molar-refractivity contribution in [3.63, 3.8) is 0 Å². The summed E-state index contributed by atoms with van der Waals surface area (Å²) in [7, 11) is 0. The lowest BCUT2D eigenvalue weighted by atomic mass is 9.88. The average molecular weight is 536 g/mol. The first-order valence-electron chi connectivity index (χ1n) is 13.1. The van der Waals surface area contributed by atoms with Crippen molar-refractivity contribution >= 4 is 23.6 Å². The first-order chi connectivity index (χ1) is 18.9. The zero-order chi connectivity index (χ0) is 28.0. The van der Waals surface area contributed by atoms with Gasteiger partial charge in [-0.25, -0.2) is 9.59 Å². The molecule has 3 aromatic carbocycles. The molecule has 0 aliphatic carbocycles.